The van der Waals surface area contributed by atoms with Gasteiger partial charge < -0.3 is 9.46 Å². The van der Waals surface area contributed by atoms with Crippen molar-refractivity contribution in [1.29, 1.82) is 0 Å². The Kier molecular flexibility index (Phi) is 3.64. The second-order valence-electron chi connectivity index (χ2n) is 3.60. The summed E-state index contributed by atoms with van der Waals surface area (Å²) >= 11 is 0. The Balaban J connectivity index is 2.19. The Morgan fingerprint density at radius 1 is 0.889 bits per heavy atom. The van der Waals surface area contributed by atoms with Gasteiger partial charge >= 0.3 is 0 Å². The molecule has 0 bridgehead atoms. The van der Waals surface area contributed by atoms with E-state index in [2.05, 4.69) is 7.05 Å². The minimum absolute atomic E-state index is 0.206. The monoisotopic (exact) mass is 263 g/mol. The van der Waals surface area contributed by atoms with Gasteiger partial charge in [-0.3, -0.25) is 0 Å². The lowest BCUT2D eigenvalue weighted by Crippen LogP contribution is -2.80. The number of hydrogen-bond acceptors (Lipinski definition) is 3. The molecule has 0 aliphatic rings. The first-order chi connectivity index (χ1) is 8.62. The molecule has 0 aliphatic heterocycles. The van der Waals surface area contributed by atoms with Crippen LogP contribution < -0.4 is 9.46 Å². The van der Waals surface area contributed by atoms with Crippen LogP contribution in [0, 0.1) is 7.05 Å². The van der Waals surface area contributed by atoms with Gasteiger partial charge in [0.25, 0.3) is 10.0 Å². The van der Waals surface area contributed by atoms with Gasteiger partial charge in [0.1, 0.15) is 16.4 Å². The average molecular weight is 263 g/mol. The summed E-state index contributed by atoms with van der Waals surface area (Å²) in [6.45, 7) is 0. The molecule has 18 heavy (non-hydrogen) atoms. The first-order valence-electron chi connectivity index (χ1n) is 5.32. The van der Waals surface area contributed by atoms with Crippen LogP contribution in [0.2, 0.25) is 0 Å². The van der Waals surface area contributed by atoms with Gasteiger partial charge in [-0.15, -0.1) is 7.05 Å². The van der Waals surface area contributed by atoms with E-state index < -0.39 is 10.0 Å². The number of sulfonamides is 1. The van der Waals surface area contributed by atoms with E-state index in [4.69, 9.17) is 4.74 Å². The predicted octanol–water partition coefficient (Wildman–Crippen LogP) is 1.52. The maximum Gasteiger partial charge on any atom is 0.299 e. The maximum atomic E-state index is 11.5. The highest BCUT2D eigenvalue weighted by atomic mass is 32.2. The quantitative estimate of drug-likeness (QED) is 0.851. The Hall–Kier alpha value is -1.85. The normalized spacial score (nSPS) is 11.2. The molecule has 0 aromatic heterocycles. The van der Waals surface area contributed by atoms with Crippen LogP contribution in [0.5, 0.6) is 11.5 Å². The number of para-hydroxylation sites is 1. The van der Waals surface area contributed by atoms with Crippen molar-refractivity contribution in [3.63, 3.8) is 0 Å². The van der Waals surface area contributed by atoms with E-state index in [0.717, 1.165) is 4.72 Å². The lowest BCUT2D eigenvalue weighted by Gasteiger charge is -2.06. The summed E-state index contributed by atoms with van der Waals surface area (Å²) in [6, 6.07) is 15.5. The Labute approximate surface area is 106 Å². The highest BCUT2D eigenvalue weighted by molar-refractivity contribution is 7.84. The van der Waals surface area contributed by atoms with Crippen molar-refractivity contribution in [2.75, 3.05) is 0 Å². The zero-order chi connectivity index (χ0) is 13.0. The van der Waals surface area contributed by atoms with Crippen LogP contribution in [0.15, 0.2) is 59.5 Å². The number of ether oxygens (including phenoxy) is 1. The third kappa shape index (κ3) is 2.88. The lowest BCUT2D eigenvalue weighted by atomic mass is 10.3. The van der Waals surface area contributed by atoms with Crippen LogP contribution in [0.4, 0.5) is 0 Å². The summed E-state index contributed by atoms with van der Waals surface area (Å²) in [7, 11) is -0.0998. The van der Waals surface area contributed by atoms with Gasteiger partial charge in [-0.2, -0.15) is 8.42 Å². The van der Waals surface area contributed by atoms with E-state index in [9.17, 15) is 8.42 Å². The third-order valence-corrected chi connectivity index (χ3v) is 3.72. The predicted molar refractivity (Wildman–Crippen MR) is 67.4 cm³/mol. The molecular formula is C13H13NO3S. The van der Waals surface area contributed by atoms with E-state index >= 15 is 0 Å². The molecule has 0 amide bonds. The molecule has 5 heteroatoms. The molecule has 2 aromatic rings. The van der Waals surface area contributed by atoms with E-state index in [1.54, 1.807) is 12.1 Å². The summed E-state index contributed by atoms with van der Waals surface area (Å²) in [4.78, 5) is 0.206. The van der Waals surface area contributed by atoms with Crippen molar-refractivity contribution >= 4 is 10.0 Å². The van der Waals surface area contributed by atoms with Gasteiger partial charge in [0.05, 0.1) is 0 Å². The fourth-order valence-corrected chi connectivity index (χ4v) is 2.13. The summed E-state index contributed by atoms with van der Waals surface area (Å²) < 4.78 is 29.5. The number of nitrogens with two attached hydrogens (primary N) is 1. The van der Waals surface area contributed by atoms with Gasteiger partial charge in [0.2, 0.25) is 0 Å². The standard InChI is InChI=1S/C13H13NO3S/c1-14-18(15,16)13-9-7-12(8-10-13)17-11-5-3-2-4-6-11/h2-10H,1,14H2. The van der Waals surface area contributed by atoms with Crippen LogP contribution in [0.3, 0.4) is 0 Å². The molecule has 2 aromatic carbocycles. The minimum Gasteiger partial charge on any atom is -0.457 e. The average Bonchev–Trinajstić information content (AvgIpc) is 2.40. The van der Waals surface area contributed by atoms with E-state index in [0.29, 0.717) is 11.5 Å². The zero-order valence-corrected chi connectivity index (χ0v) is 10.4. The molecule has 0 heterocycles. The third-order valence-electron chi connectivity index (χ3n) is 2.35. The molecule has 0 unspecified atom stereocenters. The van der Waals surface area contributed by atoms with Crippen LogP contribution >= 0.6 is 0 Å². The SMILES string of the molecule is [CH2-][NH2+]S(=O)(=O)c1ccc(Oc2ccccc2)cc1. The molecule has 0 radical (unpaired) electrons. The van der Waals surface area contributed by atoms with Crippen molar-refractivity contribution < 1.29 is 17.9 Å². The molecule has 2 rings (SSSR count). The van der Waals surface area contributed by atoms with E-state index in [-0.39, 0.29) is 4.90 Å². The molecule has 0 aliphatic carbocycles. The van der Waals surface area contributed by atoms with Gasteiger partial charge in [-0.25, -0.2) is 0 Å². The van der Waals surface area contributed by atoms with E-state index in [1.165, 1.54) is 12.1 Å². The fraction of sp³-hybridized carbons (Fsp3) is 0. The highest BCUT2D eigenvalue weighted by Crippen LogP contribution is 2.21. The summed E-state index contributed by atoms with van der Waals surface area (Å²) in [5.74, 6) is 1.29. The largest absolute Gasteiger partial charge is 0.457 e. The summed E-state index contributed by atoms with van der Waals surface area (Å²) in [5.41, 5.74) is 0. The zero-order valence-electron chi connectivity index (χ0n) is 9.61. The summed E-state index contributed by atoms with van der Waals surface area (Å²) in [6.07, 6.45) is 0. The van der Waals surface area contributed by atoms with Crippen LogP contribution in [-0.4, -0.2) is 8.42 Å². The molecule has 0 atom stereocenters. The topological polar surface area (TPSA) is 60.0 Å². The molecule has 94 valence electrons. The molecule has 4 nitrogen and oxygen atoms in total. The molecular weight excluding hydrogens is 250 g/mol. The number of primary sulfonamides is 1. The van der Waals surface area contributed by atoms with Gasteiger partial charge in [-0.1, -0.05) is 18.2 Å². The molecule has 0 saturated heterocycles. The van der Waals surface area contributed by atoms with Crippen LogP contribution in [-0.2, 0) is 10.0 Å². The molecule has 0 fully saturated rings. The number of quaternary nitrogens is 1. The van der Waals surface area contributed by atoms with Crippen molar-refractivity contribution in [3.8, 4) is 11.5 Å². The maximum absolute atomic E-state index is 11.5. The van der Waals surface area contributed by atoms with Crippen LogP contribution in [0.1, 0.15) is 0 Å². The van der Waals surface area contributed by atoms with Crippen molar-refractivity contribution in [2.24, 2.45) is 0 Å². The van der Waals surface area contributed by atoms with Gasteiger partial charge in [-0.05, 0) is 36.4 Å². The smallest absolute Gasteiger partial charge is 0.299 e. The van der Waals surface area contributed by atoms with E-state index in [1.807, 2.05) is 30.3 Å². The first kappa shape index (κ1) is 12.6. The number of rotatable bonds is 4. The number of benzene rings is 2. The first-order valence-corrected chi connectivity index (χ1v) is 6.87. The Bertz CT molecular complexity index is 606. The van der Waals surface area contributed by atoms with Crippen LogP contribution in [0.25, 0.3) is 0 Å². The van der Waals surface area contributed by atoms with Gasteiger partial charge in [0.15, 0.2) is 0 Å². The molecule has 2 N–H and O–H groups in total. The van der Waals surface area contributed by atoms with Crippen molar-refractivity contribution in [2.45, 2.75) is 4.90 Å². The second kappa shape index (κ2) is 5.20. The highest BCUT2D eigenvalue weighted by Gasteiger charge is 2.12. The fourth-order valence-electron chi connectivity index (χ4n) is 1.42. The Morgan fingerprint density at radius 2 is 1.44 bits per heavy atom. The van der Waals surface area contributed by atoms with Crippen molar-refractivity contribution in [1.82, 2.24) is 0 Å². The van der Waals surface area contributed by atoms with Gasteiger partial charge in [0, 0.05) is 0 Å². The molecule has 0 saturated carbocycles. The molecule has 0 spiro atoms. The number of hydrogen-bond donors (Lipinski definition) is 1. The lowest BCUT2D eigenvalue weighted by molar-refractivity contribution is -0.424. The summed E-state index contributed by atoms with van der Waals surface area (Å²) in [5, 5.41) is 0. The second-order valence-corrected chi connectivity index (χ2v) is 5.49. The Morgan fingerprint density at radius 3 is 2.00 bits per heavy atom. The minimum atomic E-state index is -3.38. The van der Waals surface area contributed by atoms with Crippen molar-refractivity contribution in [3.05, 3.63) is 61.6 Å².